The van der Waals surface area contributed by atoms with Crippen LogP contribution in [0.1, 0.15) is 0 Å². The zero-order valence-electron chi connectivity index (χ0n) is 10.3. The van der Waals surface area contributed by atoms with E-state index >= 15 is 0 Å². The van der Waals surface area contributed by atoms with Crippen LogP contribution < -0.4 is 10.6 Å². The molecule has 0 radical (unpaired) electrons. The van der Waals surface area contributed by atoms with Crippen molar-refractivity contribution in [1.82, 2.24) is 9.62 Å². The number of carbonyl (C=O) groups is 2. The second-order valence-corrected chi connectivity index (χ2v) is 5.52. The first-order chi connectivity index (χ1) is 9.38. The van der Waals surface area contributed by atoms with Crippen molar-refractivity contribution in [3.8, 4) is 0 Å². The smallest absolute Gasteiger partial charge is 0.362 e. The standard InChI is InChI=1S/C11H13N3O5S/c15-10(6-12-8-4-2-1-3-5-8)13-9-7-14(11(9)16)20(17,18)19/h1-5,9,12H,6-7H2,(H,13,15)(H,17,18,19). The summed E-state index contributed by atoms with van der Waals surface area (Å²) < 4.78 is 30.4. The molecule has 9 heteroatoms. The number of nitrogens with zero attached hydrogens (tertiary/aromatic N) is 1. The molecule has 1 aliphatic rings. The van der Waals surface area contributed by atoms with Crippen LogP contribution in [0.2, 0.25) is 0 Å². The Morgan fingerprint density at radius 2 is 2.00 bits per heavy atom. The quantitative estimate of drug-likeness (QED) is 0.485. The summed E-state index contributed by atoms with van der Waals surface area (Å²) in [5.74, 6) is -1.29. The molecule has 0 aliphatic carbocycles. The molecule has 2 amide bonds. The molecule has 0 bridgehead atoms. The van der Waals surface area contributed by atoms with Crippen LogP contribution in [0.5, 0.6) is 0 Å². The van der Waals surface area contributed by atoms with Crippen LogP contribution in [0.25, 0.3) is 0 Å². The van der Waals surface area contributed by atoms with E-state index in [2.05, 4.69) is 10.6 Å². The first kappa shape index (κ1) is 14.3. The van der Waals surface area contributed by atoms with Crippen LogP contribution in [0, 0.1) is 0 Å². The number of anilines is 1. The third-order valence-corrected chi connectivity index (χ3v) is 3.62. The van der Waals surface area contributed by atoms with Crippen molar-refractivity contribution < 1.29 is 22.6 Å². The van der Waals surface area contributed by atoms with Gasteiger partial charge in [0.05, 0.1) is 13.1 Å². The lowest BCUT2D eigenvalue weighted by Gasteiger charge is -2.35. The maximum Gasteiger partial charge on any atom is 0.362 e. The Balaban J connectivity index is 1.78. The van der Waals surface area contributed by atoms with Gasteiger partial charge in [-0.1, -0.05) is 18.2 Å². The highest BCUT2D eigenvalue weighted by atomic mass is 32.2. The minimum Gasteiger partial charge on any atom is -0.376 e. The number of hydrogen-bond donors (Lipinski definition) is 3. The van der Waals surface area contributed by atoms with Crippen LogP contribution in [-0.4, -0.2) is 48.2 Å². The molecule has 1 aromatic rings. The number of nitrogens with one attached hydrogen (secondary N) is 2. The molecule has 1 unspecified atom stereocenters. The second kappa shape index (κ2) is 5.47. The Kier molecular flexibility index (Phi) is 3.91. The van der Waals surface area contributed by atoms with E-state index in [1.807, 2.05) is 6.07 Å². The van der Waals surface area contributed by atoms with Gasteiger partial charge in [0.25, 0.3) is 5.91 Å². The summed E-state index contributed by atoms with van der Waals surface area (Å²) in [5.41, 5.74) is 0.752. The summed E-state index contributed by atoms with van der Waals surface area (Å²) in [5, 5.41) is 5.22. The van der Waals surface area contributed by atoms with Crippen molar-refractivity contribution in [3.63, 3.8) is 0 Å². The largest absolute Gasteiger partial charge is 0.376 e. The van der Waals surface area contributed by atoms with Gasteiger partial charge in [-0.2, -0.15) is 8.42 Å². The fraction of sp³-hybridized carbons (Fsp3) is 0.273. The molecule has 3 N–H and O–H groups in total. The molecule has 8 nitrogen and oxygen atoms in total. The van der Waals surface area contributed by atoms with Gasteiger partial charge in [0.15, 0.2) is 0 Å². The van der Waals surface area contributed by atoms with E-state index in [0.717, 1.165) is 5.69 Å². The van der Waals surface area contributed by atoms with E-state index in [1.165, 1.54) is 0 Å². The molecule has 108 valence electrons. The van der Waals surface area contributed by atoms with Crippen molar-refractivity contribution in [2.75, 3.05) is 18.4 Å². The molecule has 1 aliphatic heterocycles. The molecular weight excluding hydrogens is 286 g/mol. The van der Waals surface area contributed by atoms with Gasteiger partial charge in [-0.05, 0) is 12.1 Å². The minimum absolute atomic E-state index is 0.0420. The Hall–Kier alpha value is -2.13. The topological polar surface area (TPSA) is 116 Å². The van der Waals surface area contributed by atoms with Gasteiger partial charge in [-0.3, -0.25) is 14.1 Å². The highest BCUT2D eigenvalue weighted by Crippen LogP contribution is 2.13. The molecule has 20 heavy (non-hydrogen) atoms. The monoisotopic (exact) mass is 299 g/mol. The van der Waals surface area contributed by atoms with Gasteiger partial charge < -0.3 is 10.6 Å². The zero-order valence-corrected chi connectivity index (χ0v) is 11.1. The van der Waals surface area contributed by atoms with E-state index in [4.69, 9.17) is 4.55 Å². The van der Waals surface area contributed by atoms with Crippen LogP contribution in [0.4, 0.5) is 5.69 Å². The highest BCUT2D eigenvalue weighted by Gasteiger charge is 2.44. The Morgan fingerprint density at radius 1 is 1.35 bits per heavy atom. The van der Waals surface area contributed by atoms with Gasteiger partial charge in [0.1, 0.15) is 6.04 Å². The fourth-order valence-corrected chi connectivity index (χ4v) is 2.39. The molecule has 1 aromatic carbocycles. The minimum atomic E-state index is -4.52. The number of amides is 2. The average molecular weight is 299 g/mol. The third-order valence-electron chi connectivity index (χ3n) is 2.73. The van der Waals surface area contributed by atoms with E-state index in [-0.39, 0.29) is 13.1 Å². The van der Waals surface area contributed by atoms with Gasteiger partial charge in [-0.25, -0.2) is 4.31 Å². The van der Waals surface area contributed by atoms with E-state index in [0.29, 0.717) is 4.31 Å². The van der Waals surface area contributed by atoms with E-state index < -0.39 is 28.2 Å². The number of para-hydroxylation sites is 1. The number of rotatable bonds is 5. The molecule has 1 heterocycles. The highest BCUT2D eigenvalue weighted by molar-refractivity contribution is 7.84. The predicted octanol–water partition coefficient (Wildman–Crippen LogP) is -0.772. The predicted molar refractivity (Wildman–Crippen MR) is 70.1 cm³/mol. The molecule has 1 saturated heterocycles. The average Bonchev–Trinajstić information content (AvgIpc) is 2.40. The van der Waals surface area contributed by atoms with Crippen molar-refractivity contribution in [2.24, 2.45) is 0 Å². The normalized spacial score (nSPS) is 18.4. The first-order valence-electron chi connectivity index (χ1n) is 5.75. The number of hydrogen-bond acceptors (Lipinski definition) is 5. The van der Waals surface area contributed by atoms with Crippen molar-refractivity contribution in [3.05, 3.63) is 30.3 Å². The Bertz CT molecular complexity index is 616. The summed E-state index contributed by atoms with van der Waals surface area (Å²) in [7, 11) is -4.52. The summed E-state index contributed by atoms with van der Waals surface area (Å²) in [6, 6.07) is 8.09. The molecule has 1 atom stereocenters. The zero-order chi connectivity index (χ0) is 14.8. The van der Waals surface area contributed by atoms with Crippen LogP contribution in [0.15, 0.2) is 30.3 Å². The fourth-order valence-electron chi connectivity index (χ4n) is 1.69. The van der Waals surface area contributed by atoms with Crippen molar-refractivity contribution in [2.45, 2.75) is 6.04 Å². The van der Waals surface area contributed by atoms with Gasteiger partial charge >= 0.3 is 10.3 Å². The van der Waals surface area contributed by atoms with Crippen molar-refractivity contribution >= 4 is 27.8 Å². The lowest BCUT2D eigenvalue weighted by molar-refractivity contribution is -0.140. The van der Waals surface area contributed by atoms with Crippen molar-refractivity contribution in [1.29, 1.82) is 0 Å². The lowest BCUT2D eigenvalue weighted by atomic mass is 10.1. The van der Waals surface area contributed by atoms with Crippen LogP contribution in [-0.2, 0) is 19.9 Å². The lowest BCUT2D eigenvalue weighted by Crippen LogP contribution is -2.65. The van der Waals surface area contributed by atoms with E-state index in [1.54, 1.807) is 24.3 Å². The van der Waals surface area contributed by atoms with E-state index in [9.17, 15) is 18.0 Å². The molecule has 0 aromatic heterocycles. The summed E-state index contributed by atoms with van der Waals surface area (Å²) in [6.07, 6.45) is 0. The molecule has 1 fully saturated rings. The summed E-state index contributed by atoms with van der Waals surface area (Å²) in [6.45, 7) is -0.297. The second-order valence-electron chi connectivity index (χ2n) is 4.19. The summed E-state index contributed by atoms with van der Waals surface area (Å²) >= 11 is 0. The third kappa shape index (κ3) is 3.25. The Morgan fingerprint density at radius 3 is 2.55 bits per heavy atom. The van der Waals surface area contributed by atoms with Gasteiger partial charge in [0, 0.05) is 5.69 Å². The molecular formula is C11H13N3O5S. The molecule has 2 rings (SSSR count). The number of carbonyl (C=O) groups excluding carboxylic acids is 2. The number of β-lactam (4-membered cyclic amide) rings is 1. The first-order valence-corrected chi connectivity index (χ1v) is 7.15. The van der Waals surface area contributed by atoms with Crippen LogP contribution >= 0.6 is 0 Å². The van der Waals surface area contributed by atoms with Crippen LogP contribution in [0.3, 0.4) is 0 Å². The summed E-state index contributed by atoms with van der Waals surface area (Å²) in [4.78, 5) is 22.9. The van der Waals surface area contributed by atoms with Gasteiger partial charge in [0.2, 0.25) is 5.91 Å². The maximum absolute atomic E-state index is 11.6. The number of benzene rings is 1. The maximum atomic E-state index is 11.6. The van der Waals surface area contributed by atoms with Gasteiger partial charge in [-0.15, -0.1) is 0 Å². The molecule has 0 spiro atoms. The Labute approximate surface area is 115 Å². The SMILES string of the molecule is O=C(CNc1ccccc1)NC1CN(S(=O)(=O)O)C1=O. The molecule has 0 saturated carbocycles.